The molecule has 1 aromatic heterocycles. The van der Waals surface area contributed by atoms with Gasteiger partial charge in [-0.3, -0.25) is 14.2 Å². The van der Waals surface area contributed by atoms with E-state index in [4.69, 9.17) is 14.5 Å². The van der Waals surface area contributed by atoms with Crippen LogP contribution in [0.5, 0.6) is 11.5 Å². The summed E-state index contributed by atoms with van der Waals surface area (Å²) in [6.07, 6.45) is 1.84. The molecule has 1 aliphatic heterocycles. The molecule has 2 aromatic carbocycles. The van der Waals surface area contributed by atoms with Gasteiger partial charge < -0.3 is 14.4 Å². The molecule has 4 rings (SSSR count). The first-order chi connectivity index (χ1) is 17.7. The summed E-state index contributed by atoms with van der Waals surface area (Å²) in [5.41, 5.74) is 2.42. The molecule has 0 fully saturated rings. The largest absolute Gasteiger partial charge is 0.496 e. The van der Waals surface area contributed by atoms with Crippen LogP contribution >= 0.6 is 56.5 Å². The lowest BCUT2D eigenvalue weighted by Gasteiger charge is -2.29. The zero-order chi connectivity index (χ0) is 26.9. The Labute approximate surface area is 246 Å². The number of methoxy groups -OCH3 is 2. The maximum Gasteiger partial charge on any atom is 0.271 e. The molecule has 0 unspecified atom stereocenters. The SMILES string of the molecule is CCN(CC)C(=O)C1=C(C)N=c2s/c(=C/c3cc(I)cc(I)c3OC)c(=O)n2[C@H]1c1ccccc1OC. The summed E-state index contributed by atoms with van der Waals surface area (Å²) in [5, 5.41) is 0. The Morgan fingerprint density at radius 3 is 2.51 bits per heavy atom. The average Bonchev–Trinajstić information content (AvgIpc) is 3.17. The van der Waals surface area contributed by atoms with Gasteiger partial charge >= 0.3 is 0 Å². The minimum Gasteiger partial charge on any atom is -0.496 e. The summed E-state index contributed by atoms with van der Waals surface area (Å²) >= 11 is 5.79. The third-order valence-corrected chi connectivity index (χ3v) is 8.67. The van der Waals surface area contributed by atoms with E-state index in [1.807, 2.05) is 63.2 Å². The number of benzene rings is 2. The van der Waals surface area contributed by atoms with Crippen molar-refractivity contribution in [3.8, 4) is 11.5 Å². The smallest absolute Gasteiger partial charge is 0.271 e. The first kappa shape index (κ1) is 27.8. The minimum atomic E-state index is -0.666. The topological polar surface area (TPSA) is 73.1 Å². The molecule has 0 bridgehead atoms. The summed E-state index contributed by atoms with van der Waals surface area (Å²) in [6.45, 7) is 6.84. The lowest BCUT2D eigenvalue weighted by Crippen LogP contribution is -2.43. The molecule has 0 spiro atoms. The number of rotatable bonds is 7. The number of allylic oxidation sites excluding steroid dienone is 1. The summed E-state index contributed by atoms with van der Waals surface area (Å²) in [5.74, 6) is 1.18. The number of hydrogen-bond donors (Lipinski definition) is 0. The first-order valence-electron chi connectivity index (χ1n) is 11.7. The Morgan fingerprint density at radius 1 is 1.16 bits per heavy atom. The molecular weight excluding hydrogens is 716 g/mol. The number of likely N-dealkylation sites (N-methyl/N-ethyl adjacent to an activating group) is 1. The standard InChI is InChI=1S/C27H27I2N3O4S/c1-6-31(7-2)26(34)22-15(3)30-27-32(23(22)18-10-8-9-11-20(18)35-4)25(33)21(37-27)13-16-12-17(28)14-19(29)24(16)36-5/h8-14,23H,6-7H2,1-5H3/b21-13+/t23-/m0/s1. The quantitative estimate of drug-likeness (QED) is 0.338. The van der Waals surface area contributed by atoms with Crippen molar-refractivity contribution in [3.63, 3.8) is 0 Å². The van der Waals surface area contributed by atoms with Crippen LogP contribution in [0.25, 0.3) is 6.08 Å². The van der Waals surface area contributed by atoms with Gasteiger partial charge in [0.05, 0.1) is 33.6 Å². The van der Waals surface area contributed by atoms with Gasteiger partial charge in [-0.05, 0) is 90.2 Å². The molecule has 0 N–H and O–H groups in total. The van der Waals surface area contributed by atoms with Crippen LogP contribution in [0.15, 0.2) is 57.5 Å². The molecule has 1 aliphatic rings. The Hall–Kier alpha value is -2.19. The summed E-state index contributed by atoms with van der Waals surface area (Å²) < 4.78 is 15.5. The fourth-order valence-electron chi connectivity index (χ4n) is 4.51. The van der Waals surface area contributed by atoms with E-state index in [0.717, 1.165) is 18.3 Å². The predicted molar refractivity (Wildman–Crippen MR) is 163 cm³/mol. The first-order valence-corrected chi connectivity index (χ1v) is 14.7. The second-order valence-electron chi connectivity index (χ2n) is 8.31. The monoisotopic (exact) mass is 743 g/mol. The van der Waals surface area contributed by atoms with E-state index in [9.17, 15) is 9.59 Å². The number of thiazole rings is 1. The van der Waals surface area contributed by atoms with Gasteiger partial charge in [-0.15, -0.1) is 0 Å². The van der Waals surface area contributed by atoms with E-state index < -0.39 is 6.04 Å². The van der Waals surface area contributed by atoms with Crippen molar-refractivity contribution in [2.75, 3.05) is 27.3 Å². The van der Waals surface area contributed by atoms with E-state index >= 15 is 0 Å². The molecule has 7 nitrogen and oxygen atoms in total. The van der Waals surface area contributed by atoms with E-state index in [-0.39, 0.29) is 11.5 Å². The zero-order valence-electron chi connectivity index (χ0n) is 21.2. The van der Waals surface area contributed by atoms with Gasteiger partial charge in [0.1, 0.15) is 17.5 Å². The summed E-state index contributed by atoms with van der Waals surface area (Å²) in [4.78, 5) is 34.8. The summed E-state index contributed by atoms with van der Waals surface area (Å²) in [7, 11) is 3.22. The fraction of sp³-hybridized carbons (Fsp3) is 0.296. The van der Waals surface area contributed by atoms with Crippen LogP contribution < -0.4 is 24.4 Å². The van der Waals surface area contributed by atoms with Gasteiger partial charge in [0.15, 0.2) is 4.80 Å². The molecule has 0 saturated carbocycles. The maximum atomic E-state index is 14.0. The lowest BCUT2D eigenvalue weighted by atomic mass is 9.94. The Balaban J connectivity index is 2.03. The molecule has 37 heavy (non-hydrogen) atoms. The van der Waals surface area contributed by atoms with Crippen molar-refractivity contribution < 1.29 is 14.3 Å². The van der Waals surface area contributed by atoms with E-state index in [1.165, 1.54) is 11.3 Å². The van der Waals surface area contributed by atoms with Gasteiger partial charge in [-0.25, -0.2) is 4.99 Å². The molecule has 1 atom stereocenters. The van der Waals surface area contributed by atoms with Crippen LogP contribution in [0.1, 0.15) is 37.9 Å². The third-order valence-electron chi connectivity index (χ3n) is 6.26. The minimum absolute atomic E-state index is 0.134. The molecule has 0 saturated heterocycles. The van der Waals surface area contributed by atoms with Crippen LogP contribution in [0, 0.1) is 7.14 Å². The summed E-state index contributed by atoms with van der Waals surface area (Å²) in [6, 6.07) is 10.9. The Morgan fingerprint density at radius 2 is 1.86 bits per heavy atom. The number of ether oxygens (including phenoxy) is 2. The third kappa shape index (κ3) is 5.24. The van der Waals surface area contributed by atoms with Crippen molar-refractivity contribution in [3.05, 3.63) is 85.6 Å². The van der Waals surface area contributed by atoms with Crippen molar-refractivity contribution in [2.45, 2.75) is 26.8 Å². The lowest BCUT2D eigenvalue weighted by molar-refractivity contribution is -0.127. The number of carbonyl (C=O) groups excluding carboxylic acids is 1. The number of halogens is 2. The number of carbonyl (C=O) groups is 1. The number of aromatic nitrogens is 1. The molecule has 0 aliphatic carbocycles. The van der Waals surface area contributed by atoms with Crippen LogP contribution in [-0.2, 0) is 4.79 Å². The van der Waals surface area contributed by atoms with E-state index in [0.29, 0.717) is 45.2 Å². The van der Waals surface area contributed by atoms with Gasteiger partial charge in [0.2, 0.25) is 0 Å². The van der Waals surface area contributed by atoms with Gasteiger partial charge in [0.25, 0.3) is 11.5 Å². The number of amides is 1. The molecule has 194 valence electrons. The number of para-hydroxylation sites is 1. The van der Waals surface area contributed by atoms with E-state index in [1.54, 1.807) is 23.7 Å². The van der Waals surface area contributed by atoms with Crippen molar-refractivity contribution >= 4 is 68.5 Å². The molecule has 2 heterocycles. The van der Waals surface area contributed by atoms with Gasteiger partial charge in [0, 0.05) is 27.8 Å². The highest BCUT2D eigenvalue weighted by Crippen LogP contribution is 2.36. The predicted octanol–water partition coefficient (Wildman–Crippen LogP) is 4.33. The highest BCUT2D eigenvalue weighted by atomic mass is 127. The number of fused-ring (bicyclic) bond motifs is 1. The second-order valence-corrected chi connectivity index (χ2v) is 11.7. The zero-order valence-corrected chi connectivity index (χ0v) is 26.3. The van der Waals surface area contributed by atoms with Crippen LogP contribution in [-0.4, -0.2) is 42.7 Å². The highest BCUT2D eigenvalue weighted by molar-refractivity contribution is 14.1. The highest BCUT2D eigenvalue weighted by Gasteiger charge is 2.35. The van der Waals surface area contributed by atoms with Crippen LogP contribution in [0.2, 0.25) is 0 Å². The molecule has 10 heteroatoms. The number of nitrogens with zero attached hydrogens (tertiary/aromatic N) is 3. The Bertz CT molecular complexity index is 1570. The molecule has 0 radical (unpaired) electrons. The Kier molecular flexibility index (Phi) is 8.79. The second kappa shape index (κ2) is 11.7. The van der Waals surface area contributed by atoms with Crippen LogP contribution in [0.3, 0.4) is 0 Å². The van der Waals surface area contributed by atoms with Crippen molar-refractivity contribution in [2.24, 2.45) is 4.99 Å². The van der Waals surface area contributed by atoms with Crippen molar-refractivity contribution in [1.29, 1.82) is 0 Å². The van der Waals surface area contributed by atoms with Gasteiger partial charge in [-0.2, -0.15) is 0 Å². The van der Waals surface area contributed by atoms with Gasteiger partial charge in [-0.1, -0.05) is 29.5 Å². The molecule has 3 aromatic rings. The number of hydrogen-bond acceptors (Lipinski definition) is 6. The molecule has 1 amide bonds. The molecular formula is C27H27I2N3O4S. The van der Waals surface area contributed by atoms with E-state index in [2.05, 4.69) is 45.2 Å². The fourth-order valence-corrected chi connectivity index (χ4v) is 7.65. The normalized spacial score (nSPS) is 15.3. The van der Waals surface area contributed by atoms with Crippen LogP contribution in [0.4, 0.5) is 0 Å². The average molecular weight is 743 g/mol. The van der Waals surface area contributed by atoms with Crippen molar-refractivity contribution in [1.82, 2.24) is 9.47 Å². The maximum absolute atomic E-state index is 14.0.